The SMILES string of the molecule is CC1CCN(C2CCN(S(=O)(=O)c3ccccc3-c3cccc(C(C)c4cc(C(C)C)cc(C(C)C)c4S(=O)(=O)N4CCC(N5CCC(C)CC5)CC4)c3)CC2)CC1. The van der Waals surface area contributed by atoms with Crippen molar-refractivity contribution in [2.75, 3.05) is 52.4 Å². The Morgan fingerprint density at radius 2 is 1.02 bits per heavy atom. The van der Waals surface area contributed by atoms with Gasteiger partial charge in [-0.2, -0.15) is 8.61 Å². The van der Waals surface area contributed by atoms with E-state index in [-0.39, 0.29) is 17.8 Å². The lowest BCUT2D eigenvalue weighted by Crippen LogP contribution is -2.49. The lowest BCUT2D eigenvalue weighted by molar-refractivity contribution is 0.101. The fraction of sp³-hybridized carbons (Fsp3) is 0.625. The van der Waals surface area contributed by atoms with Gasteiger partial charge in [-0.3, -0.25) is 0 Å². The number of piperidine rings is 4. The van der Waals surface area contributed by atoms with Crippen molar-refractivity contribution in [2.45, 2.75) is 139 Å². The lowest BCUT2D eigenvalue weighted by Gasteiger charge is -2.41. The number of hydrogen-bond donors (Lipinski definition) is 0. The van der Waals surface area contributed by atoms with Gasteiger partial charge in [0, 0.05) is 49.7 Å². The number of sulfonamides is 2. The molecule has 8 nitrogen and oxygen atoms in total. The van der Waals surface area contributed by atoms with Crippen LogP contribution < -0.4 is 0 Å². The van der Waals surface area contributed by atoms with Crippen LogP contribution in [0, 0.1) is 11.8 Å². The van der Waals surface area contributed by atoms with Gasteiger partial charge in [0.05, 0.1) is 9.79 Å². The maximum absolute atomic E-state index is 15.0. The first-order valence-corrected chi connectivity index (χ1v) is 25.4. The summed E-state index contributed by atoms with van der Waals surface area (Å²) in [6.45, 7) is 21.9. The van der Waals surface area contributed by atoms with Crippen LogP contribution in [0.2, 0.25) is 0 Å². The smallest absolute Gasteiger partial charge is 0.243 e. The molecule has 4 aliphatic heterocycles. The molecule has 3 aromatic carbocycles. The highest BCUT2D eigenvalue weighted by Gasteiger charge is 2.38. The number of rotatable bonds is 11. The first kappa shape index (κ1) is 43.5. The second-order valence-corrected chi connectivity index (χ2v) is 22.7. The number of nitrogens with zero attached hydrogens (tertiary/aromatic N) is 4. The Balaban J connectivity index is 1.17. The van der Waals surface area contributed by atoms with E-state index in [4.69, 9.17) is 0 Å². The molecule has 0 aromatic heterocycles. The number of hydrogen-bond acceptors (Lipinski definition) is 6. The van der Waals surface area contributed by atoms with Crippen LogP contribution in [0.5, 0.6) is 0 Å². The molecule has 0 aliphatic carbocycles. The monoisotopic (exact) mass is 830 g/mol. The van der Waals surface area contributed by atoms with Gasteiger partial charge in [-0.25, -0.2) is 16.8 Å². The van der Waals surface area contributed by atoms with E-state index in [0.717, 1.165) is 91.5 Å². The molecule has 3 aromatic rings. The quantitative estimate of drug-likeness (QED) is 0.192. The second kappa shape index (κ2) is 18.2. The van der Waals surface area contributed by atoms with Crippen molar-refractivity contribution in [2.24, 2.45) is 11.8 Å². The van der Waals surface area contributed by atoms with Gasteiger partial charge in [-0.1, -0.05) is 103 Å². The molecule has 4 heterocycles. The van der Waals surface area contributed by atoms with Gasteiger partial charge in [-0.15, -0.1) is 0 Å². The summed E-state index contributed by atoms with van der Waals surface area (Å²) in [5, 5.41) is 0. The van der Waals surface area contributed by atoms with Gasteiger partial charge in [0.15, 0.2) is 0 Å². The van der Waals surface area contributed by atoms with E-state index in [0.29, 0.717) is 53.6 Å². The average molecular weight is 831 g/mol. The van der Waals surface area contributed by atoms with E-state index in [1.807, 2.05) is 30.3 Å². The normalized spacial score (nSPS) is 21.9. The highest BCUT2D eigenvalue weighted by molar-refractivity contribution is 7.89. The molecule has 4 aliphatic rings. The van der Waals surface area contributed by atoms with Crippen LogP contribution in [0.25, 0.3) is 11.1 Å². The van der Waals surface area contributed by atoms with E-state index in [9.17, 15) is 8.42 Å². The minimum Gasteiger partial charge on any atom is -0.300 e. The van der Waals surface area contributed by atoms with Gasteiger partial charge >= 0.3 is 0 Å². The summed E-state index contributed by atoms with van der Waals surface area (Å²) in [5.41, 5.74) is 5.31. The third-order valence-corrected chi connectivity index (χ3v) is 18.2. The molecule has 318 valence electrons. The van der Waals surface area contributed by atoms with Gasteiger partial charge in [0.1, 0.15) is 0 Å². The van der Waals surface area contributed by atoms with Gasteiger partial charge in [-0.05, 0) is 135 Å². The third kappa shape index (κ3) is 9.18. The molecule has 4 saturated heterocycles. The minimum atomic E-state index is -3.81. The van der Waals surface area contributed by atoms with Crippen molar-refractivity contribution < 1.29 is 16.8 Å². The highest BCUT2D eigenvalue weighted by Crippen LogP contribution is 2.41. The van der Waals surface area contributed by atoms with Gasteiger partial charge in [0.25, 0.3) is 0 Å². The van der Waals surface area contributed by atoms with Crippen LogP contribution in [0.3, 0.4) is 0 Å². The Morgan fingerprint density at radius 1 is 0.517 bits per heavy atom. The van der Waals surface area contributed by atoms with Crippen molar-refractivity contribution in [1.29, 1.82) is 0 Å². The largest absolute Gasteiger partial charge is 0.300 e. The predicted molar refractivity (Wildman–Crippen MR) is 238 cm³/mol. The summed E-state index contributed by atoms with van der Waals surface area (Å²) in [6.07, 6.45) is 8.33. The molecular weight excluding hydrogens is 761 g/mol. The molecule has 58 heavy (non-hydrogen) atoms. The molecule has 10 heteroatoms. The summed E-state index contributed by atoms with van der Waals surface area (Å²) in [6, 6.07) is 20.7. The Hall–Kier alpha value is -2.60. The van der Waals surface area contributed by atoms with Crippen LogP contribution in [-0.2, 0) is 20.0 Å². The maximum Gasteiger partial charge on any atom is 0.243 e. The molecule has 1 atom stereocenters. The van der Waals surface area contributed by atoms with Crippen LogP contribution in [-0.4, -0.2) is 99.7 Å². The summed E-state index contributed by atoms with van der Waals surface area (Å²) < 4.78 is 62.4. The highest BCUT2D eigenvalue weighted by atomic mass is 32.2. The van der Waals surface area contributed by atoms with Crippen molar-refractivity contribution >= 4 is 20.0 Å². The zero-order chi connectivity index (χ0) is 41.4. The molecule has 0 N–H and O–H groups in total. The average Bonchev–Trinajstić information content (AvgIpc) is 3.23. The van der Waals surface area contributed by atoms with Crippen LogP contribution in [0.4, 0.5) is 0 Å². The molecule has 0 amide bonds. The molecule has 1 unspecified atom stereocenters. The standard InChI is InChI=1S/C48H70N4O4S2/c1-34(2)41-32-45(35(3)4)48(58(55,56)52-29-21-43(22-30-52)50-25-17-37(6)18-26-50)46(33-41)38(7)39-11-10-12-40(31-39)44-13-8-9-14-47(44)57(53,54)51-27-19-42(20-28-51)49-23-15-36(5)16-24-49/h8-14,31-38,42-43H,15-30H2,1-7H3. The summed E-state index contributed by atoms with van der Waals surface area (Å²) in [4.78, 5) is 5.98. The minimum absolute atomic E-state index is 0.0133. The predicted octanol–water partition coefficient (Wildman–Crippen LogP) is 9.52. The molecule has 0 spiro atoms. The third-order valence-electron chi connectivity index (χ3n) is 14.2. The summed E-state index contributed by atoms with van der Waals surface area (Å²) in [5.74, 6) is 1.52. The zero-order valence-electron chi connectivity index (χ0n) is 36.4. The molecule has 0 radical (unpaired) electrons. The molecule has 0 bridgehead atoms. The van der Waals surface area contributed by atoms with Crippen molar-refractivity contribution in [1.82, 2.24) is 18.4 Å². The van der Waals surface area contributed by atoms with Crippen LogP contribution in [0.1, 0.15) is 140 Å². The van der Waals surface area contributed by atoms with Crippen LogP contribution >= 0.6 is 0 Å². The summed E-state index contributed by atoms with van der Waals surface area (Å²) >= 11 is 0. The molecule has 0 saturated carbocycles. The van der Waals surface area contributed by atoms with E-state index in [2.05, 4.69) is 82.5 Å². The second-order valence-electron chi connectivity index (χ2n) is 18.9. The fourth-order valence-electron chi connectivity index (χ4n) is 10.1. The first-order chi connectivity index (χ1) is 27.6. The Bertz CT molecular complexity index is 2090. The maximum atomic E-state index is 15.0. The topological polar surface area (TPSA) is 81.2 Å². The fourth-order valence-corrected chi connectivity index (χ4v) is 13.9. The van der Waals surface area contributed by atoms with E-state index in [1.54, 1.807) is 14.7 Å². The van der Waals surface area contributed by atoms with E-state index >= 15 is 8.42 Å². The van der Waals surface area contributed by atoms with E-state index < -0.39 is 20.0 Å². The summed E-state index contributed by atoms with van der Waals surface area (Å²) in [7, 11) is -7.56. The van der Waals surface area contributed by atoms with Crippen LogP contribution in [0.15, 0.2) is 70.5 Å². The zero-order valence-corrected chi connectivity index (χ0v) is 38.0. The van der Waals surface area contributed by atoms with Gasteiger partial charge in [0.2, 0.25) is 20.0 Å². The van der Waals surface area contributed by atoms with Crippen molar-refractivity contribution in [3.63, 3.8) is 0 Å². The Morgan fingerprint density at radius 3 is 1.53 bits per heavy atom. The van der Waals surface area contributed by atoms with Crippen molar-refractivity contribution in [3.8, 4) is 11.1 Å². The Labute approximate surface area is 351 Å². The molecular formula is C48H70N4O4S2. The first-order valence-electron chi connectivity index (χ1n) is 22.5. The van der Waals surface area contributed by atoms with Gasteiger partial charge < -0.3 is 9.80 Å². The molecule has 4 fully saturated rings. The van der Waals surface area contributed by atoms with E-state index in [1.165, 1.54) is 25.7 Å². The Kier molecular flexibility index (Phi) is 13.6. The number of benzene rings is 3. The number of likely N-dealkylation sites (tertiary alicyclic amines) is 2. The lowest BCUT2D eigenvalue weighted by atomic mass is 9.85. The molecule has 7 rings (SSSR count). The van der Waals surface area contributed by atoms with Crippen molar-refractivity contribution in [3.05, 3.63) is 82.9 Å².